The van der Waals surface area contributed by atoms with Crippen molar-refractivity contribution in [3.8, 4) is 0 Å². The summed E-state index contributed by atoms with van der Waals surface area (Å²) in [5, 5.41) is 5.52. The minimum Gasteiger partial charge on any atom is -0.354 e. The van der Waals surface area contributed by atoms with Crippen LogP contribution in [0.1, 0.15) is 24.0 Å². The molecule has 4 nitrogen and oxygen atoms in total. The van der Waals surface area contributed by atoms with Crippen molar-refractivity contribution in [2.75, 3.05) is 32.7 Å². The number of amides is 1. The Labute approximate surface area is 140 Å². The van der Waals surface area contributed by atoms with Gasteiger partial charge < -0.3 is 10.6 Å². The molecule has 2 N–H and O–H groups in total. The van der Waals surface area contributed by atoms with Crippen molar-refractivity contribution in [3.05, 3.63) is 35.4 Å². The standard InChI is InChI=1S/C17H24F3N3O/c1-12-4-3-5-14(10-12)13(2)16(24)22-11-15(17(18,19)20)23-8-6-21-7-9-23/h3-5,10,13,15,21H,6-9,11H2,1-2H3,(H,22,24). The number of hydrogen-bond acceptors (Lipinski definition) is 3. The average molecular weight is 343 g/mol. The quantitative estimate of drug-likeness (QED) is 0.860. The fourth-order valence-electron chi connectivity index (χ4n) is 2.89. The van der Waals surface area contributed by atoms with Crippen LogP contribution in [0.15, 0.2) is 24.3 Å². The van der Waals surface area contributed by atoms with Crippen LogP contribution in [0.4, 0.5) is 13.2 Å². The smallest absolute Gasteiger partial charge is 0.354 e. The Morgan fingerprint density at radius 3 is 2.58 bits per heavy atom. The predicted octanol–water partition coefficient (Wildman–Crippen LogP) is 2.05. The van der Waals surface area contributed by atoms with Crippen LogP contribution in [0.3, 0.4) is 0 Å². The van der Waals surface area contributed by atoms with Gasteiger partial charge in [0.05, 0.1) is 5.92 Å². The number of piperazine rings is 1. The van der Waals surface area contributed by atoms with Gasteiger partial charge >= 0.3 is 6.18 Å². The minimum atomic E-state index is -4.36. The van der Waals surface area contributed by atoms with E-state index in [9.17, 15) is 18.0 Å². The molecule has 1 saturated heterocycles. The zero-order chi connectivity index (χ0) is 17.7. The van der Waals surface area contributed by atoms with Crippen LogP contribution >= 0.6 is 0 Å². The maximum Gasteiger partial charge on any atom is 0.405 e. The third-order valence-electron chi connectivity index (χ3n) is 4.38. The first-order valence-electron chi connectivity index (χ1n) is 8.15. The second kappa shape index (κ2) is 7.98. The fraction of sp³-hybridized carbons (Fsp3) is 0.588. The number of nitrogens with one attached hydrogen (secondary N) is 2. The van der Waals surface area contributed by atoms with Crippen molar-refractivity contribution < 1.29 is 18.0 Å². The van der Waals surface area contributed by atoms with Gasteiger partial charge in [-0.25, -0.2) is 0 Å². The highest BCUT2D eigenvalue weighted by Crippen LogP contribution is 2.25. The van der Waals surface area contributed by atoms with E-state index >= 15 is 0 Å². The van der Waals surface area contributed by atoms with Gasteiger partial charge in [-0.1, -0.05) is 29.8 Å². The lowest BCUT2D eigenvalue weighted by molar-refractivity contribution is -0.184. The topological polar surface area (TPSA) is 44.4 Å². The van der Waals surface area contributed by atoms with Crippen molar-refractivity contribution in [2.24, 2.45) is 0 Å². The molecule has 0 saturated carbocycles. The highest BCUT2D eigenvalue weighted by atomic mass is 19.4. The van der Waals surface area contributed by atoms with E-state index in [0.717, 1.165) is 11.1 Å². The molecule has 2 unspecified atom stereocenters. The van der Waals surface area contributed by atoms with Crippen molar-refractivity contribution in [3.63, 3.8) is 0 Å². The summed E-state index contributed by atoms with van der Waals surface area (Å²) in [6, 6.07) is 5.80. The molecule has 24 heavy (non-hydrogen) atoms. The molecule has 0 bridgehead atoms. The van der Waals surface area contributed by atoms with Crippen LogP contribution in [-0.4, -0.2) is 55.7 Å². The van der Waals surface area contributed by atoms with Gasteiger partial charge in [0, 0.05) is 32.7 Å². The zero-order valence-corrected chi connectivity index (χ0v) is 14.0. The molecule has 0 aliphatic carbocycles. The Hall–Kier alpha value is -1.60. The molecule has 1 aromatic rings. The van der Waals surface area contributed by atoms with Crippen molar-refractivity contribution >= 4 is 5.91 Å². The maximum atomic E-state index is 13.3. The van der Waals surface area contributed by atoms with E-state index in [1.54, 1.807) is 6.92 Å². The lowest BCUT2D eigenvalue weighted by Crippen LogP contribution is -2.57. The summed E-state index contributed by atoms with van der Waals surface area (Å²) in [6.07, 6.45) is -4.36. The molecule has 2 rings (SSSR count). The van der Waals surface area contributed by atoms with Crippen molar-refractivity contribution in [2.45, 2.75) is 32.0 Å². The normalized spacial score (nSPS) is 18.9. The summed E-state index contributed by atoms with van der Waals surface area (Å²) in [5.74, 6) is -0.869. The van der Waals surface area contributed by atoms with Crippen LogP contribution < -0.4 is 10.6 Å². The molecule has 1 heterocycles. The summed E-state index contributed by atoms with van der Waals surface area (Å²) in [6.45, 7) is 4.91. The second-order valence-corrected chi connectivity index (χ2v) is 6.22. The van der Waals surface area contributed by atoms with Gasteiger partial charge in [0.15, 0.2) is 0 Å². The molecule has 0 spiro atoms. The lowest BCUT2D eigenvalue weighted by Gasteiger charge is -2.36. The van der Waals surface area contributed by atoms with Crippen LogP contribution in [0.2, 0.25) is 0 Å². The van der Waals surface area contributed by atoms with E-state index in [-0.39, 0.29) is 5.91 Å². The Kier molecular flexibility index (Phi) is 6.23. The monoisotopic (exact) mass is 343 g/mol. The summed E-state index contributed by atoms with van der Waals surface area (Å²) in [4.78, 5) is 13.6. The molecule has 1 aliphatic heterocycles. The molecule has 1 fully saturated rings. The number of rotatable bonds is 5. The zero-order valence-electron chi connectivity index (χ0n) is 14.0. The van der Waals surface area contributed by atoms with Crippen LogP contribution in [0.25, 0.3) is 0 Å². The number of carbonyl (C=O) groups excluding carboxylic acids is 1. The first kappa shape index (κ1) is 18.7. The highest BCUT2D eigenvalue weighted by molar-refractivity contribution is 5.83. The predicted molar refractivity (Wildman–Crippen MR) is 86.9 cm³/mol. The number of aryl methyl sites for hydroxylation is 1. The molecule has 2 atom stereocenters. The molecule has 1 aliphatic rings. The number of hydrogen-bond donors (Lipinski definition) is 2. The molecule has 134 valence electrons. The molecule has 0 aromatic heterocycles. The molecule has 1 aromatic carbocycles. The number of carbonyl (C=O) groups is 1. The molecule has 7 heteroatoms. The summed E-state index contributed by atoms with van der Waals surface area (Å²) in [7, 11) is 0. The van der Waals surface area contributed by atoms with Crippen LogP contribution in [0, 0.1) is 6.92 Å². The second-order valence-electron chi connectivity index (χ2n) is 6.22. The first-order chi connectivity index (χ1) is 11.3. The van der Waals surface area contributed by atoms with E-state index in [2.05, 4.69) is 10.6 Å². The van der Waals surface area contributed by atoms with Gasteiger partial charge in [-0.05, 0) is 19.4 Å². The summed E-state index contributed by atoms with van der Waals surface area (Å²) in [5.41, 5.74) is 1.82. The molecular formula is C17H24F3N3O. The van der Waals surface area contributed by atoms with E-state index in [1.165, 1.54) is 4.90 Å². The number of halogens is 3. The van der Waals surface area contributed by atoms with E-state index in [1.807, 2.05) is 31.2 Å². The summed E-state index contributed by atoms with van der Waals surface area (Å²) >= 11 is 0. The third kappa shape index (κ3) is 4.95. The SMILES string of the molecule is Cc1cccc(C(C)C(=O)NCC(N2CCNCC2)C(F)(F)F)c1. The average Bonchev–Trinajstić information content (AvgIpc) is 2.54. The van der Waals surface area contributed by atoms with Crippen LogP contribution in [0.5, 0.6) is 0 Å². The van der Waals surface area contributed by atoms with Crippen molar-refractivity contribution in [1.29, 1.82) is 0 Å². The van der Waals surface area contributed by atoms with Gasteiger partial charge in [-0.15, -0.1) is 0 Å². The van der Waals surface area contributed by atoms with E-state index in [0.29, 0.717) is 26.2 Å². The third-order valence-corrected chi connectivity index (χ3v) is 4.38. The number of benzene rings is 1. The van der Waals surface area contributed by atoms with Gasteiger partial charge in [0.1, 0.15) is 6.04 Å². The van der Waals surface area contributed by atoms with Gasteiger partial charge in [-0.3, -0.25) is 9.69 Å². The number of alkyl halides is 3. The number of nitrogens with zero attached hydrogens (tertiary/aromatic N) is 1. The Bertz CT molecular complexity index is 556. The van der Waals surface area contributed by atoms with Gasteiger partial charge in [0.2, 0.25) is 5.91 Å². The highest BCUT2D eigenvalue weighted by Gasteiger charge is 2.43. The Morgan fingerprint density at radius 2 is 2.00 bits per heavy atom. The fourth-order valence-corrected chi connectivity index (χ4v) is 2.89. The Morgan fingerprint density at radius 1 is 1.33 bits per heavy atom. The molecule has 0 radical (unpaired) electrons. The van der Waals surface area contributed by atoms with Crippen molar-refractivity contribution in [1.82, 2.24) is 15.5 Å². The van der Waals surface area contributed by atoms with Crippen LogP contribution in [-0.2, 0) is 4.79 Å². The maximum absolute atomic E-state index is 13.3. The van der Waals surface area contributed by atoms with Gasteiger partial charge in [0.25, 0.3) is 0 Å². The van der Waals surface area contributed by atoms with Gasteiger partial charge in [-0.2, -0.15) is 13.2 Å². The van der Waals surface area contributed by atoms with E-state index in [4.69, 9.17) is 0 Å². The largest absolute Gasteiger partial charge is 0.405 e. The first-order valence-corrected chi connectivity index (χ1v) is 8.15. The summed E-state index contributed by atoms with van der Waals surface area (Å²) < 4.78 is 40.0. The minimum absolute atomic E-state index is 0.327. The Balaban J connectivity index is 1.98. The molecule has 1 amide bonds. The molecular weight excluding hydrogens is 319 g/mol. The lowest BCUT2D eigenvalue weighted by atomic mass is 9.98. The van der Waals surface area contributed by atoms with E-state index < -0.39 is 24.7 Å².